The maximum atomic E-state index is 2.37. The number of para-hydroxylation sites is 4. The van der Waals surface area contributed by atoms with Crippen molar-refractivity contribution in [2.45, 2.75) is 0 Å². The van der Waals surface area contributed by atoms with E-state index in [-0.39, 0.29) is 0 Å². The van der Waals surface area contributed by atoms with E-state index < -0.39 is 0 Å². The molecule has 0 saturated heterocycles. The Morgan fingerprint density at radius 3 is 0.817 bits per heavy atom. The molecule has 0 radical (unpaired) electrons. The Kier molecular flexibility index (Phi) is 13.3. The smallest absolute Gasteiger partial charge is 0.0540 e. The summed E-state index contributed by atoms with van der Waals surface area (Å²) in [5, 5.41) is 2.42. The molecule has 0 aliphatic carbocycles. The molecule has 0 unspecified atom stereocenters. The summed E-state index contributed by atoms with van der Waals surface area (Å²) >= 11 is 0. The summed E-state index contributed by atoms with van der Waals surface area (Å²) in [5.41, 5.74) is 22.5. The predicted octanol–water partition coefficient (Wildman–Crippen LogP) is 20.9. The highest BCUT2D eigenvalue weighted by Gasteiger charge is 2.21. The molecule has 0 aliphatic rings. The van der Waals surface area contributed by atoms with Crippen molar-refractivity contribution in [2.24, 2.45) is 0 Å². The molecular formula is C78H56N4. The first-order chi connectivity index (χ1) is 40.7. The van der Waals surface area contributed by atoms with Crippen molar-refractivity contribution >= 4 is 67.1 Å². The van der Waals surface area contributed by atoms with E-state index in [0.717, 1.165) is 90.3 Å². The number of aromatic nitrogens is 2. The van der Waals surface area contributed by atoms with E-state index in [4.69, 9.17) is 0 Å². The van der Waals surface area contributed by atoms with Gasteiger partial charge in [-0.3, -0.25) is 0 Å². The van der Waals surface area contributed by atoms with Crippen LogP contribution >= 0.6 is 0 Å². The third-order valence-corrected chi connectivity index (χ3v) is 15.5. The first kappa shape index (κ1) is 49.4. The van der Waals surface area contributed by atoms with Crippen LogP contribution in [0.5, 0.6) is 0 Å². The molecule has 14 rings (SSSR count). The quantitative estimate of drug-likeness (QED) is 0.101. The number of fused-ring (bicyclic) bond motifs is 2. The average molecular weight is 1050 g/mol. The van der Waals surface area contributed by atoms with Gasteiger partial charge in [-0.05, 0) is 166 Å². The molecule has 4 nitrogen and oxygen atoms in total. The highest BCUT2D eigenvalue weighted by Crippen LogP contribution is 2.43. The molecule has 0 atom stereocenters. The summed E-state index contributed by atoms with van der Waals surface area (Å²) in [7, 11) is 0. The van der Waals surface area contributed by atoms with Gasteiger partial charge in [0.15, 0.2) is 0 Å². The van der Waals surface area contributed by atoms with Crippen LogP contribution in [0.2, 0.25) is 0 Å². The summed E-state index contributed by atoms with van der Waals surface area (Å²) in [5.74, 6) is 0. The van der Waals surface area contributed by atoms with Crippen LogP contribution in [0.4, 0.5) is 34.1 Å². The van der Waals surface area contributed by atoms with Gasteiger partial charge in [0.2, 0.25) is 0 Å². The second-order valence-corrected chi connectivity index (χ2v) is 20.5. The van der Waals surface area contributed by atoms with E-state index in [1.807, 2.05) is 0 Å². The molecule has 12 aromatic carbocycles. The van der Waals surface area contributed by atoms with Gasteiger partial charge in [0.25, 0.3) is 0 Å². The van der Waals surface area contributed by atoms with Gasteiger partial charge < -0.3 is 18.9 Å². The Labute approximate surface area is 479 Å². The van der Waals surface area contributed by atoms with E-state index in [9.17, 15) is 0 Å². The predicted molar refractivity (Wildman–Crippen MR) is 345 cm³/mol. The van der Waals surface area contributed by atoms with Gasteiger partial charge >= 0.3 is 0 Å². The summed E-state index contributed by atoms with van der Waals surface area (Å²) in [6.45, 7) is 0. The van der Waals surface area contributed by atoms with Gasteiger partial charge in [0.05, 0.1) is 22.4 Å². The largest absolute Gasteiger partial charge is 0.311 e. The lowest BCUT2D eigenvalue weighted by Crippen LogP contribution is -2.10. The van der Waals surface area contributed by atoms with E-state index in [0.29, 0.717) is 0 Å². The zero-order chi connectivity index (χ0) is 54.6. The van der Waals surface area contributed by atoms with Gasteiger partial charge in [-0.2, -0.15) is 0 Å². The van der Waals surface area contributed by atoms with Crippen molar-refractivity contribution in [1.29, 1.82) is 0 Å². The second kappa shape index (κ2) is 22.1. The molecule has 0 N–H and O–H groups in total. The van der Waals surface area contributed by atoms with Gasteiger partial charge in [-0.1, -0.05) is 218 Å². The van der Waals surface area contributed by atoms with Crippen molar-refractivity contribution in [3.05, 3.63) is 362 Å². The molecule has 0 spiro atoms. The maximum Gasteiger partial charge on any atom is 0.0540 e. The lowest BCUT2D eigenvalue weighted by Gasteiger charge is -2.27. The Morgan fingerprint density at radius 2 is 0.476 bits per heavy atom. The molecule has 0 amide bonds. The van der Waals surface area contributed by atoms with Crippen LogP contribution in [0.1, 0.15) is 22.3 Å². The van der Waals surface area contributed by atoms with Crippen LogP contribution in [0.25, 0.3) is 66.8 Å². The topological polar surface area (TPSA) is 16.3 Å². The SMILES string of the molecule is c1ccc(C(=C(c2ccccc2)c2ccc(N(c3ccccc3)c3ccc(-n4c(-c5ccccc5)cc5ccccc54)cc3)cc2)c2ccc(N(c3ccccc3)c3ccc(-n4c(-c5ccccc5)cc5ccccc54)cc3)cc2)cc1. The minimum absolute atomic E-state index is 1.06. The monoisotopic (exact) mass is 1050 g/mol. The number of rotatable bonds is 14. The van der Waals surface area contributed by atoms with Crippen LogP contribution in [0.15, 0.2) is 340 Å². The lowest BCUT2D eigenvalue weighted by atomic mass is 9.85. The minimum atomic E-state index is 1.06. The van der Waals surface area contributed by atoms with Crippen LogP contribution in [-0.4, -0.2) is 9.13 Å². The Hall–Kier alpha value is -10.9. The van der Waals surface area contributed by atoms with Crippen molar-refractivity contribution in [3.8, 4) is 33.9 Å². The fourth-order valence-electron chi connectivity index (χ4n) is 11.7. The van der Waals surface area contributed by atoms with E-state index in [1.54, 1.807) is 0 Å². The minimum Gasteiger partial charge on any atom is -0.311 e. The molecule has 2 aromatic heterocycles. The van der Waals surface area contributed by atoms with Crippen LogP contribution in [0.3, 0.4) is 0 Å². The molecule has 82 heavy (non-hydrogen) atoms. The number of hydrogen-bond donors (Lipinski definition) is 0. The fraction of sp³-hybridized carbons (Fsp3) is 0. The normalized spacial score (nSPS) is 11.6. The molecule has 4 heteroatoms. The summed E-state index contributed by atoms with van der Waals surface area (Å²) in [4.78, 5) is 4.69. The molecule has 0 aliphatic heterocycles. The standard InChI is InChI=1S/C78H56N4/c1-7-23-57(24-8-1)75-55-63-31-19-21-37-73(63)81(75)71-51-47-69(48-52-71)79(65-33-15-5-16-34-65)67-43-39-61(40-44-67)77(59-27-11-3-12-28-59)78(60-29-13-4-14-30-60)62-41-45-68(46-42-62)80(66-35-17-6-18-36-66)70-49-53-72(54-50-70)82-74-38-22-20-32-64(74)56-76(82)58-25-9-2-10-26-58/h1-56H. The Balaban J connectivity index is 0.846. The average Bonchev–Trinajstić information content (AvgIpc) is 4.25. The molecule has 2 heterocycles. The first-order valence-corrected chi connectivity index (χ1v) is 28.0. The van der Waals surface area contributed by atoms with Crippen molar-refractivity contribution in [3.63, 3.8) is 0 Å². The Morgan fingerprint density at radius 1 is 0.220 bits per heavy atom. The van der Waals surface area contributed by atoms with Crippen molar-refractivity contribution in [1.82, 2.24) is 9.13 Å². The number of hydrogen-bond acceptors (Lipinski definition) is 2. The zero-order valence-corrected chi connectivity index (χ0v) is 45.1. The number of nitrogens with zero attached hydrogens (tertiary/aromatic N) is 4. The van der Waals surface area contributed by atoms with Crippen molar-refractivity contribution in [2.75, 3.05) is 9.80 Å². The number of benzene rings is 12. The van der Waals surface area contributed by atoms with E-state index >= 15 is 0 Å². The zero-order valence-electron chi connectivity index (χ0n) is 45.1. The van der Waals surface area contributed by atoms with Crippen molar-refractivity contribution < 1.29 is 0 Å². The van der Waals surface area contributed by atoms with Crippen LogP contribution in [0, 0.1) is 0 Å². The van der Waals surface area contributed by atoms with Crippen LogP contribution < -0.4 is 9.80 Å². The molecule has 388 valence electrons. The summed E-state index contributed by atoms with van der Waals surface area (Å²) < 4.78 is 4.74. The molecular weight excluding hydrogens is 993 g/mol. The molecule has 0 fully saturated rings. The molecule has 0 saturated carbocycles. The molecule has 0 bridgehead atoms. The van der Waals surface area contributed by atoms with Gasteiger partial charge in [-0.15, -0.1) is 0 Å². The van der Waals surface area contributed by atoms with Crippen LogP contribution in [-0.2, 0) is 0 Å². The maximum absolute atomic E-state index is 2.37. The fourth-order valence-corrected chi connectivity index (χ4v) is 11.7. The van der Waals surface area contributed by atoms with Gasteiger partial charge in [-0.25, -0.2) is 0 Å². The van der Waals surface area contributed by atoms with Gasteiger partial charge in [0, 0.05) is 56.3 Å². The third-order valence-electron chi connectivity index (χ3n) is 15.5. The molecule has 14 aromatic rings. The summed E-state index contributed by atoms with van der Waals surface area (Å²) in [6.07, 6.45) is 0. The Bertz CT molecular complexity index is 4180. The first-order valence-electron chi connectivity index (χ1n) is 28.0. The second-order valence-electron chi connectivity index (χ2n) is 20.5. The lowest BCUT2D eigenvalue weighted by molar-refractivity contribution is 1.13. The highest BCUT2D eigenvalue weighted by atomic mass is 15.1. The van der Waals surface area contributed by atoms with Gasteiger partial charge in [0.1, 0.15) is 0 Å². The summed E-state index contributed by atoms with van der Waals surface area (Å²) in [6, 6.07) is 122. The highest BCUT2D eigenvalue weighted by molar-refractivity contribution is 6.05. The third kappa shape index (κ3) is 9.55. The van der Waals surface area contributed by atoms with E-state index in [1.165, 1.54) is 32.9 Å². The number of anilines is 6. The van der Waals surface area contributed by atoms with E-state index in [2.05, 4.69) is 359 Å².